The van der Waals surface area contributed by atoms with E-state index in [0.29, 0.717) is 11.1 Å². The van der Waals surface area contributed by atoms with Crippen LogP contribution in [-0.4, -0.2) is 60.9 Å². The minimum Gasteiger partial charge on any atom is -0.481 e. The zero-order valence-corrected chi connectivity index (χ0v) is 14.9. The summed E-state index contributed by atoms with van der Waals surface area (Å²) in [4.78, 5) is 36.7. The van der Waals surface area contributed by atoms with Crippen LogP contribution in [0.15, 0.2) is 18.7 Å². The maximum Gasteiger partial charge on any atom is 0.345 e. The molecule has 0 spiro atoms. The highest BCUT2D eigenvalue weighted by Crippen LogP contribution is 2.48. The molecule has 1 fully saturated rings. The zero-order chi connectivity index (χ0) is 18.8. The van der Waals surface area contributed by atoms with E-state index < -0.39 is 24.1 Å². The van der Waals surface area contributed by atoms with Crippen molar-refractivity contribution in [1.29, 1.82) is 0 Å². The molecular formula is C17H21N3O6. The molecule has 9 nitrogen and oxygen atoms in total. The Bertz CT molecular complexity index is 737. The summed E-state index contributed by atoms with van der Waals surface area (Å²) >= 11 is 0. The first-order valence-electron chi connectivity index (χ1n) is 8.20. The molecule has 2 aliphatic heterocycles. The summed E-state index contributed by atoms with van der Waals surface area (Å²) in [6.07, 6.45) is 1.54. The molecule has 0 saturated carbocycles. The van der Waals surface area contributed by atoms with Crippen molar-refractivity contribution in [2.24, 2.45) is 0 Å². The van der Waals surface area contributed by atoms with Crippen LogP contribution in [0.5, 0.6) is 11.8 Å². The Labute approximate surface area is 151 Å². The minimum atomic E-state index is -0.920. The number of carbonyl (C=O) groups excluding carboxylic acids is 2. The maximum atomic E-state index is 12.8. The van der Waals surface area contributed by atoms with Gasteiger partial charge in [-0.3, -0.25) is 4.84 Å². The number of amides is 2. The van der Waals surface area contributed by atoms with E-state index in [1.165, 1.54) is 30.3 Å². The van der Waals surface area contributed by atoms with E-state index in [0.717, 1.165) is 0 Å². The molecule has 140 valence electrons. The predicted octanol–water partition coefficient (Wildman–Crippen LogP) is 1.61. The van der Waals surface area contributed by atoms with E-state index in [1.807, 2.05) is 0 Å². The molecule has 0 aliphatic carbocycles. The first kappa shape index (κ1) is 18.0. The topological polar surface area (TPSA) is 90.4 Å². The van der Waals surface area contributed by atoms with E-state index in [9.17, 15) is 9.59 Å². The normalized spacial score (nSPS) is 20.7. The Hall–Kier alpha value is -2.81. The van der Waals surface area contributed by atoms with Crippen LogP contribution in [0.2, 0.25) is 0 Å². The number of urea groups is 1. The second-order valence-electron chi connectivity index (χ2n) is 5.69. The van der Waals surface area contributed by atoms with Crippen molar-refractivity contribution >= 4 is 12.0 Å². The lowest BCUT2D eigenvalue weighted by atomic mass is 9.92. The molecule has 26 heavy (non-hydrogen) atoms. The van der Waals surface area contributed by atoms with Crippen molar-refractivity contribution in [1.82, 2.24) is 14.9 Å². The number of hydroxylamine groups is 2. The third kappa shape index (κ3) is 2.74. The Morgan fingerprint density at radius 3 is 2.81 bits per heavy atom. The number of hydrogen-bond donors (Lipinski definition) is 0. The van der Waals surface area contributed by atoms with E-state index in [4.69, 9.17) is 19.0 Å². The molecule has 1 saturated heterocycles. The Morgan fingerprint density at radius 1 is 1.42 bits per heavy atom. The number of methoxy groups -OCH3 is 2. The third-order valence-electron chi connectivity index (χ3n) is 4.30. The fourth-order valence-corrected chi connectivity index (χ4v) is 3.29. The van der Waals surface area contributed by atoms with Crippen LogP contribution in [0.3, 0.4) is 0 Å². The summed E-state index contributed by atoms with van der Waals surface area (Å²) < 4.78 is 15.8. The fraction of sp³-hybridized carbons (Fsp3) is 0.471. The number of aromatic nitrogens is 1. The number of pyridine rings is 1. The Morgan fingerprint density at radius 2 is 2.19 bits per heavy atom. The largest absolute Gasteiger partial charge is 0.481 e. The molecule has 2 unspecified atom stereocenters. The van der Waals surface area contributed by atoms with Gasteiger partial charge in [-0.1, -0.05) is 6.08 Å². The molecule has 3 heterocycles. The maximum absolute atomic E-state index is 12.8. The number of carbonyl (C=O) groups is 2. The highest BCUT2D eigenvalue weighted by atomic mass is 16.7. The predicted molar refractivity (Wildman–Crippen MR) is 89.5 cm³/mol. The number of fused-ring (bicyclic) bond motifs is 4. The van der Waals surface area contributed by atoms with Crippen LogP contribution in [0, 0.1) is 0 Å². The van der Waals surface area contributed by atoms with Gasteiger partial charge in [-0.15, -0.1) is 6.58 Å². The van der Waals surface area contributed by atoms with Gasteiger partial charge in [0, 0.05) is 17.2 Å². The molecule has 9 heteroatoms. The molecule has 3 rings (SSSR count). The number of esters is 1. The zero-order valence-electron chi connectivity index (χ0n) is 14.9. The molecule has 2 atom stereocenters. The van der Waals surface area contributed by atoms with Crippen LogP contribution >= 0.6 is 0 Å². The molecule has 2 bridgehead atoms. The number of nitrogens with zero attached hydrogens (tertiary/aromatic N) is 3. The van der Waals surface area contributed by atoms with Crippen LogP contribution in [0.25, 0.3) is 0 Å². The summed E-state index contributed by atoms with van der Waals surface area (Å²) in [6.45, 7) is 5.92. The summed E-state index contributed by atoms with van der Waals surface area (Å²) in [5, 5.41) is 1.23. The fourth-order valence-electron chi connectivity index (χ4n) is 3.29. The lowest BCUT2D eigenvalue weighted by molar-refractivity contribution is -0.148. The van der Waals surface area contributed by atoms with Gasteiger partial charge >= 0.3 is 12.0 Å². The summed E-state index contributed by atoms with van der Waals surface area (Å²) in [6, 6.07) is -0.177. The third-order valence-corrected chi connectivity index (χ3v) is 4.30. The van der Waals surface area contributed by atoms with Crippen molar-refractivity contribution in [2.75, 3.05) is 34.0 Å². The van der Waals surface area contributed by atoms with Gasteiger partial charge in [0.25, 0.3) is 0 Å². The van der Waals surface area contributed by atoms with Crippen molar-refractivity contribution in [2.45, 2.75) is 19.0 Å². The van der Waals surface area contributed by atoms with Gasteiger partial charge in [-0.05, 0) is 6.92 Å². The molecule has 2 aliphatic rings. The standard InChI is InChI=1S/C17H21N3O6/c1-5-7-26-20-11-9-19(17(20)22)14(16(21)25-6-2)10-8-12(23-3)18-15(24-4)13(10)11/h5,8,11,14H,1,6-7,9H2,2-4H3. The van der Waals surface area contributed by atoms with Gasteiger partial charge < -0.3 is 19.1 Å². The van der Waals surface area contributed by atoms with Crippen molar-refractivity contribution < 1.29 is 28.6 Å². The first-order valence-corrected chi connectivity index (χ1v) is 8.20. The minimum absolute atomic E-state index is 0.154. The molecule has 0 aromatic carbocycles. The monoisotopic (exact) mass is 363 g/mol. The van der Waals surface area contributed by atoms with E-state index >= 15 is 0 Å². The molecule has 2 amide bonds. The SMILES string of the molecule is C=CCON1C(=O)N2CC1c1c(cc(OC)nc1OC)C2C(=O)OCC. The highest BCUT2D eigenvalue weighted by Gasteiger charge is 2.53. The van der Waals surface area contributed by atoms with Crippen LogP contribution in [0.1, 0.15) is 30.1 Å². The lowest BCUT2D eigenvalue weighted by Crippen LogP contribution is -2.39. The van der Waals surface area contributed by atoms with Crippen LogP contribution < -0.4 is 9.47 Å². The quantitative estimate of drug-likeness (QED) is 0.537. The average Bonchev–Trinajstić information content (AvgIpc) is 2.91. The summed E-state index contributed by atoms with van der Waals surface area (Å²) in [5.41, 5.74) is 1.17. The van der Waals surface area contributed by atoms with Gasteiger partial charge in [0.15, 0.2) is 6.04 Å². The van der Waals surface area contributed by atoms with Crippen molar-refractivity contribution in [3.63, 3.8) is 0 Å². The van der Waals surface area contributed by atoms with Gasteiger partial charge in [0.2, 0.25) is 11.8 Å². The second kappa shape index (κ2) is 7.20. The highest BCUT2D eigenvalue weighted by molar-refractivity contribution is 5.88. The molecular weight excluding hydrogens is 342 g/mol. The molecule has 0 N–H and O–H groups in total. The Kier molecular flexibility index (Phi) is 4.99. The van der Waals surface area contributed by atoms with E-state index in [-0.39, 0.29) is 31.5 Å². The van der Waals surface area contributed by atoms with Crippen LogP contribution in [-0.2, 0) is 14.4 Å². The smallest absolute Gasteiger partial charge is 0.345 e. The van der Waals surface area contributed by atoms with Crippen molar-refractivity contribution in [3.8, 4) is 11.8 Å². The van der Waals surface area contributed by atoms with E-state index in [1.54, 1.807) is 13.0 Å². The number of rotatable bonds is 7. The first-order chi connectivity index (χ1) is 12.6. The van der Waals surface area contributed by atoms with Crippen LogP contribution in [0.4, 0.5) is 4.79 Å². The summed E-state index contributed by atoms with van der Waals surface area (Å²) in [7, 11) is 2.94. The average molecular weight is 363 g/mol. The van der Waals surface area contributed by atoms with Gasteiger partial charge in [-0.2, -0.15) is 10.0 Å². The van der Waals surface area contributed by atoms with Gasteiger partial charge in [0.1, 0.15) is 6.04 Å². The van der Waals surface area contributed by atoms with E-state index in [2.05, 4.69) is 11.6 Å². The lowest BCUT2D eigenvalue weighted by Gasteiger charge is -2.31. The number of hydrogen-bond acceptors (Lipinski definition) is 7. The molecule has 1 aromatic heterocycles. The van der Waals surface area contributed by atoms with Crippen molar-refractivity contribution in [3.05, 3.63) is 29.8 Å². The summed E-state index contributed by atoms with van der Waals surface area (Å²) in [5.74, 6) is 0.0324. The molecule has 0 radical (unpaired) electrons. The van der Waals surface area contributed by atoms with Gasteiger partial charge in [0.05, 0.1) is 34.0 Å². The number of ether oxygens (including phenoxy) is 3. The molecule has 1 aromatic rings. The van der Waals surface area contributed by atoms with Gasteiger partial charge in [-0.25, -0.2) is 9.59 Å². The second-order valence-corrected chi connectivity index (χ2v) is 5.69. The Balaban J connectivity index is 2.16.